The molecule has 0 radical (unpaired) electrons. The van der Waals surface area contributed by atoms with Crippen molar-refractivity contribution in [2.24, 2.45) is 4.99 Å². The van der Waals surface area contributed by atoms with E-state index in [9.17, 15) is 4.79 Å². The summed E-state index contributed by atoms with van der Waals surface area (Å²) in [6.07, 6.45) is 1.59. The first kappa shape index (κ1) is 19.7. The lowest BCUT2D eigenvalue weighted by molar-refractivity contribution is -0.142. The highest BCUT2D eigenvalue weighted by atomic mass is 16.5. The SMILES string of the molecule is CCNC(=NCc1cc(C(C)C)no1)N1CCN(C(=O)C2CCCO2)CC1. The van der Waals surface area contributed by atoms with Crippen LogP contribution in [-0.4, -0.2) is 72.3 Å². The van der Waals surface area contributed by atoms with E-state index in [2.05, 4.69) is 36.1 Å². The number of aromatic nitrogens is 1. The normalized spacial score (nSPS) is 21.2. The van der Waals surface area contributed by atoms with Crippen LogP contribution < -0.4 is 5.32 Å². The molecule has 8 heteroatoms. The van der Waals surface area contributed by atoms with Gasteiger partial charge in [0.15, 0.2) is 11.7 Å². The molecule has 0 aromatic carbocycles. The maximum absolute atomic E-state index is 12.5. The molecule has 150 valence electrons. The Morgan fingerprint density at radius 1 is 1.33 bits per heavy atom. The molecule has 2 saturated heterocycles. The molecule has 3 heterocycles. The Bertz CT molecular complexity index is 644. The molecule has 1 amide bonds. The van der Waals surface area contributed by atoms with Crippen molar-refractivity contribution in [3.05, 3.63) is 17.5 Å². The fraction of sp³-hybridized carbons (Fsp3) is 0.737. The van der Waals surface area contributed by atoms with Gasteiger partial charge in [0, 0.05) is 45.4 Å². The van der Waals surface area contributed by atoms with Crippen molar-refractivity contribution in [2.75, 3.05) is 39.3 Å². The van der Waals surface area contributed by atoms with E-state index in [0.29, 0.717) is 32.2 Å². The lowest BCUT2D eigenvalue weighted by Gasteiger charge is -2.37. The number of ether oxygens (including phenoxy) is 1. The third kappa shape index (κ3) is 5.00. The predicted octanol–water partition coefficient (Wildman–Crippen LogP) is 1.59. The van der Waals surface area contributed by atoms with Crippen molar-refractivity contribution >= 4 is 11.9 Å². The first-order chi connectivity index (χ1) is 13.1. The van der Waals surface area contributed by atoms with Crippen LogP contribution in [0, 0.1) is 0 Å². The monoisotopic (exact) mass is 377 g/mol. The minimum Gasteiger partial charge on any atom is -0.368 e. The summed E-state index contributed by atoms with van der Waals surface area (Å²) < 4.78 is 10.9. The summed E-state index contributed by atoms with van der Waals surface area (Å²) >= 11 is 0. The van der Waals surface area contributed by atoms with Crippen LogP contribution in [0.25, 0.3) is 0 Å². The lowest BCUT2D eigenvalue weighted by Crippen LogP contribution is -2.55. The van der Waals surface area contributed by atoms with Crippen molar-refractivity contribution in [1.82, 2.24) is 20.3 Å². The van der Waals surface area contributed by atoms with E-state index >= 15 is 0 Å². The predicted molar refractivity (Wildman–Crippen MR) is 103 cm³/mol. The van der Waals surface area contributed by atoms with E-state index in [0.717, 1.165) is 49.9 Å². The number of amides is 1. The Kier molecular flexibility index (Phi) is 6.71. The van der Waals surface area contributed by atoms with Gasteiger partial charge in [0.1, 0.15) is 12.6 Å². The molecule has 1 aromatic heterocycles. The molecule has 1 N–H and O–H groups in total. The second kappa shape index (κ2) is 9.21. The number of piperazine rings is 1. The second-order valence-corrected chi connectivity index (χ2v) is 7.36. The van der Waals surface area contributed by atoms with Crippen LogP contribution in [0.2, 0.25) is 0 Å². The van der Waals surface area contributed by atoms with Crippen LogP contribution in [0.1, 0.15) is 51.0 Å². The van der Waals surface area contributed by atoms with Gasteiger partial charge in [-0.3, -0.25) is 4.79 Å². The molecule has 0 bridgehead atoms. The minimum atomic E-state index is -0.236. The van der Waals surface area contributed by atoms with Gasteiger partial charge in [-0.25, -0.2) is 4.99 Å². The summed E-state index contributed by atoms with van der Waals surface area (Å²) in [6.45, 7) is 11.1. The highest BCUT2D eigenvalue weighted by Crippen LogP contribution is 2.17. The van der Waals surface area contributed by atoms with E-state index in [1.165, 1.54) is 0 Å². The molecule has 2 aliphatic heterocycles. The number of hydrogen-bond acceptors (Lipinski definition) is 5. The fourth-order valence-electron chi connectivity index (χ4n) is 3.37. The van der Waals surface area contributed by atoms with Gasteiger partial charge in [-0.1, -0.05) is 19.0 Å². The lowest BCUT2D eigenvalue weighted by atomic mass is 10.1. The number of guanidine groups is 1. The zero-order valence-electron chi connectivity index (χ0n) is 16.6. The van der Waals surface area contributed by atoms with Crippen LogP contribution >= 0.6 is 0 Å². The zero-order valence-corrected chi connectivity index (χ0v) is 16.6. The quantitative estimate of drug-likeness (QED) is 0.620. The van der Waals surface area contributed by atoms with E-state index < -0.39 is 0 Å². The molecule has 27 heavy (non-hydrogen) atoms. The summed E-state index contributed by atoms with van der Waals surface area (Å²) in [4.78, 5) is 21.3. The molecule has 1 atom stereocenters. The molecular weight excluding hydrogens is 346 g/mol. The highest BCUT2D eigenvalue weighted by Gasteiger charge is 2.30. The van der Waals surface area contributed by atoms with Crippen molar-refractivity contribution in [2.45, 2.75) is 52.2 Å². The van der Waals surface area contributed by atoms with Crippen LogP contribution in [0.5, 0.6) is 0 Å². The molecule has 1 aromatic rings. The Morgan fingerprint density at radius 2 is 2.07 bits per heavy atom. The van der Waals surface area contributed by atoms with Crippen LogP contribution in [0.3, 0.4) is 0 Å². The van der Waals surface area contributed by atoms with Crippen molar-refractivity contribution in [1.29, 1.82) is 0 Å². The van der Waals surface area contributed by atoms with Gasteiger partial charge >= 0.3 is 0 Å². The average molecular weight is 377 g/mol. The van der Waals surface area contributed by atoms with Crippen molar-refractivity contribution in [3.63, 3.8) is 0 Å². The molecule has 2 fully saturated rings. The summed E-state index contributed by atoms with van der Waals surface area (Å²) in [5, 5.41) is 7.42. The molecule has 0 aliphatic carbocycles. The number of nitrogens with zero attached hydrogens (tertiary/aromatic N) is 4. The molecule has 1 unspecified atom stereocenters. The number of hydrogen-bond donors (Lipinski definition) is 1. The third-order valence-corrected chi connectivity index (χ3v) is 4.98. The average Bonchev–Trinajstić information content (AvgIpc) is 3.36. The smallest absolute Gasteiger partial charge is 0.251 e. The molecule has 3 rings (SSSR count). The maximum Gasteiger partial charge on any atom is 0.251 e. The van der Waals surface area contributed by atoms with Crippen LogP contribution in [0.4, 0.5) is 0 Å². The fourth-order valence-corrected chi connectivity index (χ4v) is 3.37. The third-order valence-electron chi connectivity index (χ3n) is 4.98. The van der Waals surface area contributed by atoms with Crippen molar-refractivity contribution < 1.29 is 14.1 Å². The van der Waals surface area contributed by atoms with E-state index in [1.807, 2.05) is 11.0 Å². The Morgan fingerprint density at radius 3 is 2.67 bits per heavy atom. The molecule has 2 aliphatic rings. The highest BCUT2D eigenvalue weighted by molar-refractivity contribution is 5.82. The van der Waals surface area contributed by atoms with Crippen molar-refractivity contribution in [3.8, 4) is 0 Å². The molecular formula is C19H31N5O3. The number of carbonyl (C=O) groups is 1. The summed E-state index contributed by atoms with van der Waals surface area (Å²) in [5.74, 6) is 2.09. The van der Waals surface area contributed by atoms with Gasteiger partial charge in [-0.05, 0) is 25.7 Å². The van der Waals surface area contributed by atoms with E-state index in [1.54, 1.807) is 0 Å². The molecule has 0 saturated carbocycles. The Balaban J connectivity index is 1.56. The molecule has 0 spiro atoms. The van der Waals surface area contributed by atoms with Gasteiger partial charge in [0.25, 0.3) is 5.91 Å². The number of aliphatic imine (C=N–C) groups is 1. The van der Waals surface area contributed by atoms with Crippen LogP contribution in [-0.2, 0) is 16.1 Å². The van der Waals surface area contributed by atoms with Gasteiger partial charge in [0.05, 0.1) is 5.69 Å². The standard InChI is InChI=1S/C19H31N5O3/c1-4-20-19(21-13-15-12-16(14(2)3)22-27-15)24-9-7-23(8-10-24)18(25)17-6-5-11-26-17/h12,14,17H,4-11,13H2,1-3H3,(H,20,21). The van der Waals surface area contributed by atoms with Crippen LogP contribution in [0.15, 0.2) is 15.6 Å². The Labute approximate surface area is 160 Å². The molecule has 8 nitrogen and oxygen atoms in total. The largest absolute Gasteiger partial charge is 0.368 e. The summed E-state index contributed by atoms with van der Waals surface area (Å²) in [5.41, 5.74) is 0.950. The summed E-state index contributed by atoms with van der Waals surface area (Å²) in [6, 6.07) is 1.97. The number of nitrogens with one attached hydrogen (secondary N) is 1. The van der Waals surface area contributed by atoms with Gasteiger partial charge in [0.2, 0.25) is 0 Å². The van der Waals surface area contributed by atoms with E-state index in [4.69, 9.17) is 14.3 Å². The minimum absolute atomic E-state index is 0.136. The van der Waals surface area contributed by atoms with Gasteiger partial charge < -0.3 is 24.4 Å². The Hall–Kier alpha value is -2.09. The second-order valence-electron chi connectivity index (χ2n) is 7.36. The van der Waals surface area contributed by atoms with Gasteiger partial charge in [-0.2, -0.15) is 0 Å². The maximum atomic E-state index is 12.5. The zero-order chi connectivity index (χ0) is 19.2. The number of rotatable bonds is 5. The van der Waals surface area contributed by atoms with E-state index in [-0.39, 0.29) is 12.0 Å². The number of carbonyl (C=O) groups excluding carboxylic acids is 1. The first-order valence-electron chi connectivity index (χ1n) is 9.97. The van der Waals surface area contributed by atoms with Gasteiger partial charge in [-0.15, -0.1) is 0 Å². The topological polar surface area (TPSA) is 83.2 Å². The first-order valence-corrected chi connectivity index (χ1v) is 9.97. The summed E-state index contributed by atoms with van der Waals surface area (Å²) in [7, 11) is 0.